The van der Waals surface area contributed by atoms with Crippen LogP contribution in [0.5, 0.6) is 0 Å². The van der Waals surface area contributed by atoms with E-state index in [1.807, 2.05) is 0 Å². The average molecular weight is 368 g/mol. The van der Waals surface area contributed by atoms with E-state index in [2.05, 4.69) is 5.32 Å². The van der Waals surface area contributed by atoms with Crippen LogP contribution in [0.4, 0.5) is 10.1 Å². The first-order valence-corrected chi connectivity index (χ1v) is 9.42. The van der Waals surface area contributed by atoms with Crippen LogP contribution in [-0.2, 0) is 14.8 Å². The number of benzene rings is 2. The van der Waals surface area contributed by atoms with Gasteiger partial charge in [0.1, 0.15) is 5.82 Å². The van der Waals surface area contributed by atoms with Crippen molar-refractivity contribution in [2.45, 2.75) is 9.79 Å². The summed E-state index contributed by atoms with van der Waals surface area (Å²) in [6, 6.07) is 11.9. The maximum absolute atomic E-state index is 12.8. The number of hydrogen-bond acceptors (Lipinski definition) is 4. The molecule has 0 spiro atoms. The third-order valence-electron chi connectivity index (χ3n) is 3.08. The lowest BCUT2D eigenvalue weighted by Gasteiger charge is -2.12. The van der Waals surface area contributed by atoms with Gasteiger partial charge in [0.05, 0.1) is 10.6 Å². The van der Waals surface area contributed by atoms with Gasteiger partial charge >= 0.3 is 0 Å². The van der Waals surface area contributed by atoms with Crippen molar-refractivity contribution in [2.24, 2.45) is 0 Å². The third-order valence-corrected chi connectivity index (χ3v) is 5.90. The second-order valence-corrected chi connectivity index (χ2v) is 8.31. The molecule has 2 aromatic rings. The molecule has 0 fully saturated rings. The summed E-state index contributed by atoms with van der Waals surface area (Å²) in [5, 5.41) is 2.66. The lowest BCUT2D eigenvalue weighted by molar-refractivity contribution is -0.113. The standard InChI is InChI=1S/C16H17FN2O3S2/c1-19(2)24(21,22)15-5-3-4-13(10-15)18-16(20)11-23-14-8-6-12(17)7-9-14/h3-10H,11H2,1-2H3,(H,18,20). The van der Waals surface area contributed by atoms with E-state index >= 15 is 0 Å². The van der Waals surface area contributed by atoms with Crippen molar-refractivity contribution in [1.82, 2.24) is 4.31 Å². The van der Waals surface area contributed by atoms with Crippen molar-refractivity contribution in [3.63, 3.8) is 0 Å². The molecule has 0 unspecified atom stereocenters. The van der Waals surface area contributed by atoms with Gasteiger partial charge < -0.3 is 5.32 Å². The van der Waals surface area contributed by atoms with Gasteiger partial charge in [-0.1, -0.05) is 6.07 Å². The van der Waals surface area contributed by atoms with Crippen molar-refractivity contribution in [2.75, 3.05) is 25.2 Å². The van der Waals surface area contributed by atoms with Crippen molar-refractivity contribution >= 4 is 33.4 Å². The number of amides is 1. The largest absolute Gasteiger partial charge is 0.325 e. The summed E-state index contributed by atoms with van der Waals surface area (Å²) in [5.41, 5.74) is 0.405. The predicted molar refractivity (Wildman–Crippen MR) is 93.1 cm³/mol. The maximum atomic E-state index is 12.8. The van der Waals surface area contributed by atoms with E-state index in [0.717, 1.165) is 9.20 Å². The van der Waals surface area contributed by atoms with E-state index in [-0.39, 0.29) is 22.4 Å². The van der Waals surface area contributed by atoms with Crippen LogP contribution in [-0.4, -0.2) is 38.5 Å². The van der Waals surface area contributed by atoms with Gasteiger partial charge in [0.15, 0.2) is 0 Å². The maximum Gasteiger partial charge on any atom is 0.242 e. The summed E-state index contributed by atoms with van der Waals surface area (Å²) < 4.78 is 38.1. The number of nitrogens with zero attached hydrogens (tertiary/aromatic N) is 1. The van der Waals surface area contributed by atoms with E-state index in [4.69, 9.17) is 0 Å². The quantitative estimate of drug-likeness (QED) is 0.796. The average Bonchev–Trinajstić information content (AvgIpc) is 2.54. The normalized spacial score (nSPS) is 11.5. The van der Waals surface area contributed by atoms with Gasteiger partial charge in [-0.2, -0.15) is 0 Å². The summed E-state index contributed by atoms with van der Waals surface area (Å²) in [6.45, 7) is 0. The molecule has 8 heteroatoms. The van der Waals surface area contributed by atoms with E-state index in [9.17, 15) is 17.6 Å². The number of carbonyl (C=O) groups excluding carboxylic acids is 1. The lowest BCUT2D eigenvalue weighted by Crippen LogP contribution is -2.22. The number of nitrogens with one attached hydrogen (secondary N) is 1. The molecule has 0 saturated carbocycles. The minimum absolute atomic E-state index is 0.108. The molecule has 0 aliphatic rings. The summed E-state index contributed by atoms with van der Waals surface area (Å²) in [6.07, 6.45) is 0. The Morgan fingerprint density at radius 1 is 1.17 bits per heavy atom. The summed E-state index contributed by atoms with van der Waals surface area (Å²) >= 11 is 1.27. The Morgan fingerprint density at radius 3 is 2.46 bits per heavy atom. The van der Waals surface area contributed by atoms with Gasteiger partial charge in [0.2, 0.25) is 15.9 Å². The second-order valence-electron chi connectivity index (χ2n) is 5.11. The molecular formula is C16H17FN2O3S2. The fraction of sp³-hybridized carbons (Fsp3) is 0.188. The first-order valence-electron chi connectivity index (χ1n) is 7.00. The highest BCUT2D eigenvalue weighted by molar-refractivity contribution is 8.00. The fourth-order valence-electron chi connectivity index (χ4n) is 1.82. The molecule has 0 aromatic heterocycles. The highest BCUT2D eigenvalue weighted by atomic mass is 32.2. The molecule has 1 amide bonds. The Bertz CT molecular complexity index is 821. The highest BCUT2D eigenvalue weighted by Gasteiger charge is 2.17. The number of halogens is 1. The molecule has 0 radical (unpaired) electrons. The predicted octanol–water partition coefficient (Wildman–Crippen LogP) is 2.81. The van der Waals surface area contributed by atoms with E-state index < -0.39 is 10.0 Å². The molecule has 128 valence electrons. The topological polar surface area (TPSA) is 66.5 Å². The van der Waals surface area contributed by atoms with Crippen LogP contribution in [0.15, 0.2) is 58.3 Å². The van der Waals surface area contributed by atoms with E-state index in [0.29, 0.717) is 5.69 Å². The van der Waals surface area contributed by atoms with E-state index in [1.165, 1.54) is 50.1 Å². The number of carbonyl (C=O) groups is 1. The second kappa shape index (κ2) is 7.78. The van der Waals surface area contributed by atoms with Gasteiger partial charge in [-0.15, -0.1) is 11.8 Å². The zero-order valence-corrected chi connectivity index (χ0v) is 14.8. The van der Waals surface area contributed by atoms with Crippen molar-refractivity contribution in [3.05, 3.63) is 54.3 Å². The Morgan fingerprint density at radius 2 is 1.83 bits per heavy atom. The van der Waals surface area contributed by atoms with Gasteiger partial charge in [0.25, 0.3) is 0 Å². The van der Waals surface area contributed by atoms with Crippen LogP contribution >= 0.6 is 11.8 Å². The molecule has 2 rings (SSSR count). The van der Waals surface area contributed by atoms with Crippen molar-refractivity contribution in [1.29, 1.82) is 0 Å². The number of sulfonamides is 1. The molecule has 0 heterocycles. The Kier molecular flexibility index (Phi) is 5.98. The Labute approximate surface area is 144 Å². The Balaban J connectivity index is 2.00. The smallest absolute Gasteiger partial charge is 0.242 e. The first-order chi connectivity index (χ1) is 11.3. The number of thioether (sulfide) groups is 1. The monoisotopic (exact) mass is 368 g/mol. The number of rotatable bonds is 6. The SMILES string of the molecule is CN(C)S(=O)(=O)c1cccc(NC(=O)CSc2ccc(F)cc2)c1. The first kappa shape index (κ1) is 18.4. The summed E-state index contributed by atoms with van der Waals surface area (Å²) in [7, 11) is -0.664. The van der Waals surface area contributed by atoms with Crippen LogP contribution < -0.4 is 5.32 Å². The molecule has 0 atom stereocenters. The lowest BCUT2D eigenvalue weighted by atomic mass is 10.3. The minimum Gasteiger partial charge on any atom is -0.325 e. The molecule has 0 bridgehead atoms. The molecular weight excluding hydrogens is 351 g/mol. The zero-order chi connectivity index (χ0) is 17.7. The summed E-state index contributed by atoms with van der Waals surface area (Å²) in [5.74, 6) is -0.470. The van der Waals surface area contributed by atoms with E-state index in [1.54, 1.807) is 24.3 Å². The highest BCUT2D eigenvalue weighted by Crippen LogP contribution is 2.20. The molecule has 0 aliphatic heterocycles. The molecule has 0 saturated heterocycles. The summed E-state index contributed by atoms with van der Waals surface area (Å²) in [4.78, 5) is 12.9. The van der Waals surface area contributed by atoms with Crippen molar-refractivity contribution in [3.8, 4) is 0 Å². The molecule has 0 aliphatic carbocycles. The molecule has 1 N–H and O–H groups in total. The van der Waals surface area contributed by atoms with Gasteiger partial charge in [-0.3, -0.25) is 4.79 Å². The van der Waals surface area contributed by atoms with Crippen LogP contribution in [0.2, 0.25) is 0 Å². The van der Waals surface area contributed by atoms with Gasteiger partial charge in [-0.05, 0) is 42.5 Å². The molecule has 5 nitrogen and oxygen atoms in total. The molecule has 24 heavy (non-hydrogen) atoms. The number of hydrogen-bond donors (Lipinski definition) is 1. The van der Waals surface area contributed by atoms with Crippen LogP contribution in [0, 0.1) is 5.82 Å². The zero-order valence-electron chi connectivity index (χ0n) is 13.2. The Hall–Kier alpha value is -1.90. The molecule has 2 aromatic carbocycles. The van der Waals surface area contributed by atoms with Gasteiger partial charge in [0, 0.05) is 24.7 Å². The van der Waals surface area contributed by atoms with Crippen LogP contribution in [0.3, 0.4) is 0 Å². The van der Waals surface area contributed by atoms with Crippen molar-refractivity contribution < 1.29 is 17.6 Å². The minimum atomic E-state index is -3.55. The number of anilines is 1. The van der Waals surface area contributed by atoms with Crippen LogP contribution in [0.25, 0.3) is 0 Å². The third kappa shape index (κ3) is 4.80. The fourth-order valence-corrected chi connectivity index (χ4v) is 3.47. The van der Waals surface area contributed by atoms with Gasteiger partial charge in [-0.25, -0.2) is 17.1 Å². The van der Waals surface area contributed by atoms with Crippen LogP contribution in [0.1, 0.15) is 0 Å².